The fraction of sp³-hybridized carbons (Fsp3) is 0.417. The monoisotopic (exact) mass is 257 g/mol. The maximum atomic E-state index is 13.5. The molecule has 3 nitrogen and oxygen atoms in total. The van der Waals surface area contributed by atoms with Gasteiger partial charge in [-0.05, 0) is 31.5 Å². The van der Waals surface area contributed by atoms with Gasteiger partial charge >= 0.3 is 0 Å². The Kier molecular flexibility index (Phi) is 4.81. The minimum Gasteiger partial charge on any atom is -0.351 e. The molecule has 0 aliphatic rings. The third kappa shape index (κ3) is 3.93. The quantitative estimate of drug-likeness (QED) is 0.891. The van der Waals surface area contributed by atoms with E-state index in [1.807, 2.05) is 0 Å². The summed E-state index contributed by atoms with van der Waals surface area (Å²) in [7, 11) is -1.00. The average Bonchev–Trinajstić information content (AvgIpc) is 2.25. The van der Waals surface area contributed by atoms with Gasteiger partial charge in [-0.1, -0.05) is 6.07 Å². The second-order valence-corrected chi connectivity index (χ2v) is 5.80. The largest absolute Gasteiger partial charge is 0.351 e. The first kappa shape index (κ1) is 13.8. The molecular weight excluding hydrogens is 241 g/mol. The topological polar surface area (TPSA) is 46.2 Å². The highest BCUT2D eigenvalue weighted by Gasteiger charge is 2.13. The van der Waals surface area contributed by atoms with Crippen LogP contribution < -0.4 is 5.32 Å². The van der Waals surface area contributed by atoms with Gasteiger partial charge < -0.3 is 5.32 Å². The van der Waals surface area contributed by atoms with Crippen LogP contribution in [-0.4, -0.2) is 28.2 Å². The highest BCUT2D eigenvalue weighted by atomic mass is 32.2. The zero-order chi connectivity index (χ0) is 13.0. The zero-order valence-corrected chi connectivity index (χ0v) is 10.9. The maximum Gasteiger partial charge on any atom is 0.254 e. The number of carbonyl (C=O) groups excluding carboxylic acids is 1. The van der Waals surface area contributed by atoms with E-state index in [1.54, 1.807) is 26.2 Å². The molecule has 0 spiro atoms. The van der Waals surface area contributed by atoms with Gasteiger partial charge in [-0.2, -0.15) is 0 Å². The van der Waals surface area contributed by atoms with Crippen LogP contribution in [0.5, 0.6) is 0 Å². The number of rotatable bonds is 4. The van der Waals surface area contributed by atoms with E-state index in [1.165, 1.54) is 12.1 Å². The van der Waals surface area contributed by atoms with Gasteiger partial charge in [-0.15, -0.1) is 0 Å². The minimum absolute atomic E-state index is 0.0182. The Morgan fingerprint density at radius 2 is 2.18 bits per heavy atom. The molecule has 5 heteroatoms. The molecule has 0 saturated heterocycles. The van der Waals surface area contributed by atoms with E-state index >= 15 is 0 Å². The van der Waals surface area contributed by atoms with Gasteiger partial charge in [-0.25, -0.2) is 4.39 Å². The number of benzene rings is 1. The number of carbonyl (C=O) groups is 1. The van der Waals surface area contributed by atoms with E-state index in [2.05, 4.69) is 5.32 Å². The number of hydrogen-bond acceptors (Lipinski definition) is 2. The highest BCUT2D eigenvalue weighted by molar-refractivity contribution is 7.84. The zero-order valence-electron chi connectivity index (χ0n) is 10.1. The van der Waals surface area contributed by atoms with Crippen molar-refractivity contribution in [3.05, 3.63) is 35.1 Å². The molecule has 0 aromatic heterocycles. The van der Waals surface area contributed by atoms with Crippen LogP contribution in [0.4, 0.5) is 4.39 Å². The molecule has 1 aromatic carbocycles. The first-order valence-electron chi connectivity index (χ1n) is 5.28. The van der Waals surface area contributed by atoms with Crippen LogP contribution in [0, 0.1) is 12.7 Å². The fourth-order valence-corrected chi connectivity index (χ4v) is 1.57. The van der Waals surface area contributed by atoms with Crippen molar-refractivity contribution in [1.29, 1.82) is 0 Å². The van der Waals surface area contributed by atoms with Crippen molar-refractivity contribution >= 4 is 16.7 Å². The first-order valence-corrected chi connectivity index (χ1v) is 6.90. The van der Waals surface area contributed by atoms with Crippen molar-refractivity contribution in [1.82, 2.24) is 5.32 Å². The molecule has 1 N–H and O–H groups in total. The molecule has 0 aliphatic carbocycles. The molecule has 0 bridgehead atoms. The molecule has 94 valence electrons. The molecule has 2 atom stereocenters. The lowest BCUT2D eigenvalue weighted by atomic mass is 10.1. The van der Waals surface area contributed by atoms with Crippen LogP contribution in [0.25, 0.3) is 0 Å². The maximum absolute atomic E-state index is 13.5. The summed E-state index contributed by atoms with van der Waals surface area (Å²) in [4.78, 5) is 11.7. The van der Waals surface area contributed by atoms with Gasteiger partial charge in [0.05, 0.1) is 5.56 Å². The van der Waals surface area contributed by atoms with Crippen LogP contribution in [0.2, 0.25) is 0 Å². The van der Waals surface area contributed by atoms with E-state index < -0.39 is 22.5 Å². The molecule has 2 unspecified atom stereocenters. The van der Waals surface area contributed by atoms with Gasteiger partial charge in [0.25, 0.3) is 5.91 Å². The summed E-state index contributed by atoms with van der Waals surface area (Å²) < 4.78 is 24.6. The summed E-state index contributed by atoms with van der Waals surface area (Å²) >= 11 is 0. The van der Waals surface area contributed by atoms with Crippen LogP contribution in [0.15, 0.2) is 18.2 Å². The van der Waals surface area contributed by atoms with Crippen molar-refractivity contribution < 1.29 is 13.4 Å². The average molecular weight is 257 g/mol. The lowest BCUT2D eigenvalue weighted by Gasteiger charge is -2.10. The molecular formula is C12H16FNO2S. The number of nitrogens with one attached hydrogen (secondary N) is 1. The van der Waals surface area contributed by atoms with E-state index in [0.717, 1.165) is 5.56 Å². The normalized spacial score (nSPS) is 14.1. The van der Waals surface area contributed by atoms with Crippen molar-refractivity contribution in [2.24, 2.45) is 0 Å². The van der Waals surface area contributed by atoms with E-state index in [-0.39, 0.29) is 17.4 Å². The summed E-state index contributed by atoms with van der Waals surface area (Å²) in [6, 6.07) is 4.45. The third-order valence-electron chi connectivity index (χ3n) is 2.49. The Hall–Kier alpha value is -1.23. The summed E-state index contributed by atoms with van der Waals surface area (Å²) in [5.74, 6) is -1.01. The van der Waals surface area contributed by atoms with Gasteiger partial charge in [0.2, 0.25) is 0 Å². The Morgan fingerprint density at radius 3 is 2.71 bits per heavy atom. The molecule has 0 radical (unpaired) electrons. The standard InChI is InChI=1S/C12H16FNO2S/c1-8-4-5-10(11(13)6-8)12(15)14-7-9(2)17(3)16/h4-6,9H,7H2,1-3H3,(H,14,15). The van der Waals surface area contributed by atoms with E-state index in [4.69, 9.17) is 0 Å². The Balaban J connectivity index is 2.67. The second kappa shape index (κ2) is 5.91. The molecule has 0 heterocycles. The van der Waals surface area contributed by atoms with Gasteiger partial charge in [-0.3, -0.25) is 9.00 Å². The molecule has 0 aliphatic heterocycles. The molecule has 1 amide bonds. The highest BCUT2D eigenvalue weighted by Crippen LogP contribution is 2.09. The van der Waals surface area contributed by atoms with Crippen LogP contribution in [0.1, 0.15) is 22.8 Å². The molecule has 0 fully saturated rings. The Morgan fingerprint density at radius 1 is 1.53 bits per heavy atom. The summed E-state index contributed by atoms with van der Waals surface area (Å²) in [6.07, 6.45) is 1.57. The summed E-state index contributed by atoms with van der Waals surface area (Å²) in [5.41, 5.74) is 0.784. The minimum atomic E-state index is -1.00. The Bertz CT molecular complexity index is 448. The number of amides is 1. The predicted molar refractivity (Wildman–Crippen MR) is 67.0 cm³/mol. The molecule has 1 aromatic rings. The predicted octanol–water partition coefficient (Wildman–Crippen LogP) is 1.63. The second-order valence-electron chi connectivity index (χ2n) is 4.00. The van der Waals surface area contributed by atoms with Crippen molar-refractivity contribution in [3.63, 3.8) is 0 Å². The van der Waals surface area contributed by atoms with Crippen molar-refractivity contribution in [2.75, 3.05) is 12.8 Å². The van der Waals surface area contributed by atoms with Crippen LogP contribution >= 0.6 is 0 Å². The van der Waals surface area contributed by atoms with E-state index in [0.29, 0.717) is 0 Å². The van der Waals surface area contributed by atoms with Gasteiger partial charge in [0.15, 0.2) is 0 Å². The molecule has 1 rings (SSSR count). The molecule has 17 heavy (non-hydrogen) atoms. The van der Waals surface area contributed by atoms with E-state index in [9.17, 15) is 13.4 Å². The smallest absolute Gasteiger partial charge is 0.254 e. The number of hydrogen-bond donors (Lipinski definition) is 1. The lowest BCUT2D eigenvalue weighted by Crippen LogP contribution is -2.33. The van der Waals surface area contributed by atoms with Gasteiger partial charge in [0.1, 0.15) is 5.82 Å². The molecule has 0 saturated carbocycles. The van der Waals surface area contributed by atoms with Crippen molar-refractivity contribution in [2.45, 2.75) is 19.1 Å². The Labute approximate surface area is 103 Å². The van der Waals surface area contributed by atoms with Crippen molar-refractivity contribution in [3.8, 4) is 0 Å². The number of halogens is 1. The number of aryl methyl sites for hydroxylation is 1. The fourth-order valence-electron chi connectivity index (χ4n) is 1.25. The third-order valence-corrected chi connectivity index (χ3v) is 3.79. The SMILES string of the molecule is Cc1ccc(C(=O)NCC(C)S(C)=O)c(F)c1. The lowest BCUT2D eigenvalue weighted by molar-refractivity contribution is 0.0950. The van der Waals surface area contributed by atoms with Crippen LogP contribution in [0.3, 0.4) is 0 Å². The summed E-state index contributed by atoms with van der Waals surface area (Å²) in [6.45, 7) is 3.80. The first-order chi connectivity index (χ1) is 7.91. The summed E-state index contributed by atoms with van der Waals surface area (Å²) in [5, 5.41) is 2.42. The van der Waals surface area contributed by atoms with Crippen LogP contribution in [-0.2, 0) is 10.8 Å². The van der Waals surface area contributed by atoms with Gasteiger partial charge in [0, 0.05) is 28.9 Å².